The zero-order valence-corrected chi connectivity index (χ0v) is 21.2. The SMILES string of the molecule is CC(=O)C1=C(S[C@@H]2CN[C@H](CNS(N)(=O)=O)C2)C(C)C2[C@@H]([C@@H](C)NC(=O)Cn3cnnn3)C(=O)N12. The number of fused-ring (bicyclic) bond motifs is 1. The predicted molar refractivity (Wildman–Crippen MR) is 125 cm³/mol. The maximum Gasteiger partial charge on any atom is 0.274 e. The number of aromatic nitrogens is 4. The number of nitrogens with zero attached hydrogens (tertiary/aromatic N) is 5. The van der Waals surface area contributed by atoms with Crippen molar-refractivity contribution in [1.29, 1.82) is 0 Å². The van der Waals surface area contributed by atoms with E-state index in [4.69, 9.17) is 5.14 Å². The van der Waals surface area contributed by atoms with Crippen molar-refractivity contribution in [2.24, 2.45) is 17.0 Å². The molecule has 4 heterocycles. The number of allylic oxidation sites excluding steroid dienone is 1. The van der Waals surface area contributed by atoms with Crippen molar-refractivity contribution >= 4 is 39.6 Å². The first-order valence-corrected chi connectivity index (χ1v) is 13.6. The molecular formula is C19H29N9O5S2. The number of carbonyl (C=O) groups is 3. The molecule has 16 heteroatoms. The molecule has 2 fully saturated rings. The third-order valence-corrected chi connectivity index (χ3v) is 8.63. The van der Waals surface area contributed by atoms with Crippen molar-refractivity contribution in [2.45, 2.75) is 57.1 Å². The summed E-state index contributed by atoms with van der Waals surface area (Å²) >= 11 is 1.56. The molecule has 0 aromatic carbocycles. The minimum Gasteiger partial charge on any atom is -0.351 e. The first kappa shape index (κ1) is 25.7. The lowest BCUT2D eigenvalue weighted by molar-refractivity contribution is -0.156. The average molecular weight is 528 g/mol. The van der Waals surface area contributed by atoms with Crippen molar-refractivity contribution in [3.63, 3.8) is 0 Å². The number of Topliss-reactive ketones (excluding diaryl/α,β-unsaturated/α-hetero) is 1. The third kappa shape index (κ3) is 5.40. The first-order chi connectivity index (χ1) is 16.5. The van der Waals surface area contributed by atoms with Gasteiger partial charge in [-0.2, -0.15) is 8.42 Å². The smallest absolute Gasteiger partial charge is 0.274 e. The lowest BCUT2D eigenvalue weighted by Gasteiger charge is -2.48. The van der Waals surface area contributed by atoms with Gasteiger partial charge in [0.25, 0.3) is 10.2 Å². The Morgan fingerprint density at radius 1 is 1.40 bits per heavy atom. The van der Waals surface area contributed by atoms with E-state index in [0.29, 0.717) is 18.7 Å². The summed E-state index contributed by atoms with van der Waals surface area (Å²) < 4.78 is 25.9. The summed E-state index contributed by atoms with van der Waals surface area (Å²) in [5.41, 5.74) is 0.423. The summed E-state index contributed by atoms with van der Waals surface area (Å²) in [5, 5.41) is 21.9. The molecular weight excluding hydrogens is 498 g/mol. The highest BCUT2D eigenvalue weighted by molar-refractivity contribution is 8.03. The molecule has 0 aliphatic carbocycles. The van der Waals surface area contributed by atoms with E-state index in [1.807, 2.05) is 6.92 Å². The van der Waals surface area contributed by atoms with Crippen molar-refractivity contribution in [3.8, 4) is 0 Å². The van der Waals surface area contributed by atoms with E-state index in [-0.39, 0.29) is 53.9 Å². The monoisotopic (exact) mass is 527 g/mol. The Kier molecular flexibility index (Phi) is 7.28. The molecule has 6 atom stereocenters. The number of ketones is 1. The van der Waals surface area contributed by atoms with Gasteiger partial charge in [0.2, 0.25) is 11.8 Å². The van der Waals surface area contributed by atoms with Crippen LogP contribution in [0.4, 0.5) is 0 Å². The van der Waals surface area contributed by atoms with E-state index in [9.17, 15) is 22.8 Å². The fourth-order valence-corrected chi connectivity index (χ4v) is 7.05. The zero-order chi connectivity index (χ0) is 25.5. The quantitative estimate of drug-likeness (QED) is 0.241. The number of tetrazole rings is 1. The molecule has 2 saturated heterocycles. The number of hydrogen-bond donors (Lipinski definition) is 4. The highest BCUT2D eigenvalue weighted by Gasteiger charge is 2.59. The summed E-state index contributed by atoms with van der Waals surface area (Å²) in [4.78, 5) is 40.5. The summed E-state index contributed by atoms with van der Waals surface area (Å²) in [6.45, 7) is 5.99. The van der Waals surface area contributed by atoms with Crippen LogP contribution < -0.4 is 20.5 Å². The molecule has 35 heavy (non-hydrogen) atoms. The van der Waals surface area contributed by atoms with E-state index >= 15 is 0 Å². The van der Waals surface area contributed by atoms with Crippen LogP contribution in [0.15, 0.2) is 16.9 Å². The Balaban J connectivity index is 1.41. The summed E-state index contributed by atoms with van der Waals surface area (Å²) in [6, 6.07) is -0.734. The predicted octanol–water partition coefficient (Wildman–Crippen LogP) is -2.29. The van der Waals surface area contributed by atoms with Gasteiger partial charge in [-0.1, -0.05) is 6.92 Å². The minimum atomic E-state index is -3.77. The van der Waals surface area contributed by atoms with Gasteiger partial charge in [-0.3, -0.25) is 14.4 Å². The van der Waals surface area contributed by atoms with Crippen LogP contribution in [-0.4, -0.2) is 87.6 Å². The Hall–Kier alpha value is -2.40. The number of β-lactam (4-membered cyclic amide) rings is 1. The zero-order valence-electron chi connectivity index (χ0n) is 19.5. The Morgan fingerprint density at radius 2 is 2.14 bits per heavy atom. The van der Waals surface area contributed by atoms with Crippen molar-refractivity contribution in [2.75, 3.05) is 13.1 Å². The van der Waals surface area contributed by atoms with E-state index in [1.165, 1.54) is 17.9 Å². The summed E-state index contributed by atoms with van der Waals surface area (Å²) in [7, 11) is -3.77. The van der Waals surface area contributed by atoms with Crippen LogP contribution in [0.2, 0.25) is 0 Å². The van der Waals surface area contributed by atoms with Crippen molar-refractivity contribution in [1.82, 2.24) is 40.5 Å². The van der Waals surface area contributed by atoms with Gasteiger partial charge in [0.15, 0.2) is 5.78 Å². The van der Waals surface area contributed by atoms with Crippen LogP contribution in [0.5, 0.6) is 0 Å². The number of nitrogens with one attached hydrogen (secondary N) is 3. The van der Waals surface area contributed by atoms with E-state index in [2.05, 4.69) is 30.9 Å². The molecule has 1 aromatic rings. The molecule has 1 aromatic heterocycles. The maximum atomic E-state index is 13.1. The second-order valence-electron chi connectivity index (χ2n) is 9.12. The number of nitrogens with two attached hydrogens (primary N) is 1. The fraction of sp³-hybridized carbons (Fsp3) is 0.684. The lowest BCUT2D eigenvalue weighted by atomic mass is 9.78. The van der Waals surface area contributed by atoms with Gasteiger partial charge in [0.1, 0.15) is 12.9 Å². The van der Waals surface area contributed by atoms with Crippen LogP contribution in [0.25, 0.3) is 0 Å². The topological polar surface area (TPSA) is 194 Å². The Morgan fingerprint density at radius 3 is 2.77 bits per heavy atom. The number of amides is 2. The fourth-order valence-electron chi connectivity index (χ4n) is 5.04. The molecule has 3 aliphatic heterocycles. The van der Waals surface area contributed by atoms with Crippen LogP contribution in [0.1, 0.15) is 27.2 Å². The highest BCUT2D eigenvalue weighted by atomic mass is 32.2. The molecule has 3 aliphatic rings. The van der Waals surface area contributed by atoms with Gasteiger partial charge < -0.3 is 15.5 Å². The van der Waals surface area contributed by atoms with Crippen LogP contribution in [0, 0.1) is 11.8 Å². The largest absolute Gasteiger partial charge is 0.351 e. The normalized spacial score (nSPS) is 29.2. The number of hydrogen-bond acceptors (Lipinski definition) is 10. The molecule has 14 nitrogen and oxygen atoms in total. The summed E-state index contributed by atoms with van der Waals surface area (Å²) in [5.74, 6) is -1.21. The van der Waals surface area contributed by atoms with Gasteiger partial charge in [-0.25, -0.2) is 14.5 Å². The average Bonchev–Trinajstić information content (AvgIpc) is 3.47. The maximum absolute atomic E-state index is 13.1. The molecule has 0 bridgehead atoms. The molecule has 0 radical (unpaired) electrons. The van der Waals surface area contributed by atoms with Gasteiger partial charge in [0, 0.05) is 48.2 Å². The Bertz CT molecular complexity index is 1140. The van der Waals surface area contributed by atoms with E-state index in [0.717, 1.165) is 4.91 Å². The van der Waals surface area contributed by atoms with Gasteiger partial charge in [-0.05, 0) is 23.8 Å². The van der Waals surface area contributed by atoms with Gasteiger partial charge >= 0.3 is 0 Å². The number of thioether (sulfide) groups is 1. The summed E-state index contributed by atoms with van der Waals surface area (Å²) in [6.07, 6.45) is 2.01. The van der Waals surface area contributed by atoms with Crippen LogP contribution >= 0.6 is 11.8 Å². The van der Waals surface area contributed by atoms with Gasteiger partial charge in [-0.15, -0.1) is 16.9 Å². The Labute approximate surface area is 207 Å². The number of rotatable bonds is 10. The first-order valence-electron chi connectivity index (χ1n) is 11.2. The second-order valence-corrected chi connectivity index (χ2v) is 11.8. The highest BCUT2D eigenvalue weighted by Crippen LogP contribution is 2.52. The van der Waals surface area contributed by atoms with Crippen molar-refractivity contribution in [3.05, 3.63) is 16.9 Å². The van der Waals surface area contributed by atoms with Crippen LogP contribution in [-0.2, 0) is 31.1 Å². The minimum absolute atomic E-state index is 0.0591. The van der Waals surface area contributed by atoms with Gasteiger partial charge in [0.05, 0.1) is 17.7 Å². The molecule has 192 valence electrons. The van der Waals surface area contributed by atoms with E-state index < -0.39 is 22.2 Å². The lowest BCUT2D eigenvalue weighted by Crippen LogP contribution is -2.66. The van der Waals surface area contributed by atoms with Crippen LogP contribution in [0.3, 0.4) is 0 Å². The van der Waals surface area contributed by atoms with Crippen molar-refractivity contribution < 1.29 is 22.8 Å². The molecule has 2 unspecified atom stereocenters. The third-order valence-electron chi connectivity index (χ3n) is 6.55. The van der Waals surface area contributed by atoms with E-state index in [1.54, 1.807) is 23.6 Å². The second kappa shape index (κ2) is 9.93. The molecule has 2 amide bonds. The molecule has 4 rings (SSSR count). The molecule has 0 saturated carbocycles. The molecule has 0 spiro atoms. The standard InChI is InChI=1S/C19H29N9O5S2/c1-9-16-15(10(2)24-14(30)7-27-8-22-25-26-27)19(31)28(16)17(11(3)29)18(9)34-13-4-12(21-6-13)5-23-35(20,32)33/h8-10,12-13,15-16,21,23H,4-7H2,1-3H3,(H,24,30)(H2,20,32,33)/t9?,10-,12+,13+,15-,16?/m1/s1. The molecule has 5 N–H and O–H groups in total. The number of carbonyl (C=O) groups excluding carboxylic acids is 3.